The van der Waals surface area contributed by atoms with Crippen molar-refractivity contribution in [3.63, 3.8) is 0 Å². The standard InChI is InChI=1S/C14H13N5O2S/c1-14(2)12(18-19-7-15-17-13(19)22-14)8-3-4-10-9(5-8)16-11(20)6-21-10/h3-5,7H,6H2,1-2H3,(H,16,20). The number of rotatable bonds is 1. The van der Waals surface area contributed by atoms with Gasteiger partial charge in [-0.3, -0.25) is 4.79 Å². The van der Waals surface area contributed by atoms with E-state index in [0.29, 0.717) is 11.4 Å². The lowest BCUT2D eigenvalue weighted by Gasteiger charge is -2.29. The number of anilines is 1. The van der Waals surface area contributed by atoms with Gasteiger partial charge in [-0.15, -0.1) is 10.2 Å². The monoisotopic (exact) mass is 315 g/mol. The third kappa shape index (κ3) is 2.07. The molecule has 1 amide bonds. The Morgan fingerprint density at radius 3 is 3.14 bits per heavy atom. The van der Waals surface area contributed by atoms with Crippen molar-refractivity contribution in [2.45, 2.75) is 23.8 Å². The summed E-state index contributed by atoms with van der Waals surface area (Å²) in [5.41, 5.74) is 2.50. The quantitative estimate of drug-likeness (QED) is 0.867. The predicted molar refractivity (Wildman–Crippen MR) is 82.5 cm³/mol. The molecule has 1 N–H and O–H groups in total. The highest BCUT2D eigenvalue weighted by Gasteiger charge is 2.34. The molecule has 0 bridgehead atoms. The SMILES string of the molecule is CC1(C)Sc2nncn2N=C1c1ccc2c(c1)NC(=O)CO2. The van der Waals surface area contributed by atoms with Gasteiger partial charge in [0, 0.05) is 5.56 Å². The summed E-state index contributed by atoms with van der Waals surface area (Å²) < 4.78 is 6.80. The van der Waals surface area contributed by atoms with E-state index in [1.807, 2.05) is 18.2 Å². The van der Waals surface area contributed by atoms with Gasteiger partial charge >= 0.3 is 0 Å². The first-order chi connectivity index (χ1) is 10.5. The average Bonchev–Trinajstić information content (AvgIpc) is 2.91. The minimum atomic E-state index is -0.253. The Hall–Kier alpha value is -2.35. The molecular formula is C14H13N5O2S. The Balaban J connectivity index is 1.81. The Labute approximate surface area is 130 Å². The van der Waals surface area contributed by atoms with Crippen molar-refractivity contribution in [1.29, 1.82) is 0 Å². The fourth-order valence-electron chi connectivity index (χ4n) is 2.50. The zero-order valence-corrected chi connectivity index (χ0v) is 12.8. The van der Waals surface area contributed by atoms with E-state index in [2.05, 4.69) is 34.5 Å². The zero-order chi connectivity index (χ0) is 15.3. The van der Waals surface area contributed by atoms with Crippen LogP contribution in [0.4, 0.5) is 5.69 Å². The summed E-state index contributed by atoms with van der Waals surface area (Å²) in [6.07, 6.45) is 1.58. The molecule has 8 heteroatoms. The molecule has 3 heterocycles. The van der Waals surface area contributed by atoms with Gasteiger partial charge in [0.15, 0.2) is 6.61 Å². The van der Waals surface area contributed by atoms with Crippen LogP contribution < -0.4 is 10.1 Å². The first-order valence-corrected chi connectivity index (χ1v) is 7.60. The topological polar surface area (TPSA) is 81.4 Å². The van der Waals surface area contributed by atoms with Crippen LogP contribution in [0.1, 0.15) is 19.4 Å². The van der Waals surface area contributed by atoms with Gasteiger partial charge < -0.3 is 10.1 Å². The number of carbonyl (C=O) groups is 1. The molecular weight excluding hydrogens is 302 g/mol. The number of hydrogen-bond acceptors (Lipinski definition) is 6. The van der Waals surface area contributed by atoms with Gasteiger partial charge in [-0.05, 0) is 32.0 Å². The third-order valence-electron chi connectivity index (χ3n) is 3.51. The molecule has 7 nitrogen and oxygen atoms in total. The molecule has 0 fully saturated rings. The molecule has 0 spiro atoms. The first-order valence-electron chi connectivity index (χ1n) is 6.78. The highest BCUT2D eigenvalue weighted by Crippen LogP contribution is 2.39. The molecule has 1 aromatic heterocycles. The summed E-state index contributed by atoms with van der Waals surface area (Å²) >= 11 is 1.60. The van der Waals surface area contributed by atoms with Crippen molar-refractivity contribution in [3.05, 3.63) is 30.1 Å². The van der Waals surface area contributed by atoms with Gasteiger partial charge in [0.1, 0.15) is 12.1 Å². The van der Waals surface area contributed by atoms with E-state index in [4.69, 9.17) is 4.74 Å². The number of ether oxygens (including phenoxy) is 1. The van der Waals surface area contributed by atoms with Crippen molar-refractivity contribution in [2.75, 3.05) is 11.9 Å². The summed E-state index contributed by atoms with van der Waals surface area (Å²) in [4.78, 5) is 11.5. The lowest BCUT2D eigenvalue weighted by atomic mass is 9.98. The fourth-order valence-corrected chi connectivity index (χ4v) is 3.48. The number of aromatic nitrogens is 3. The maximum atomic E-state index is 11.5. The van der Waals surface area contributed by atoms with Gasteiger partial charge in [0.05, 0.1) is 16.1 Å². The Morgan fingerprint density at radius 1 is 1.41 bits per heavy atom. The van der Waals surface area contributed by atoms with Gasteiger partial charge in [-0.2, -0.15) is 9.78 Å². The van der Waals surface area contributed by atoms with Crippen LogP contribution in [0.25, 0.3) is 0 Å². The van der Waals surface area contributed by atoms with E-state index < -0.39 is 0 Å². The maximum absolute atomic E-state index is 11.5. The Morgan fingerprint density at radius 2 is 2.27 bits per heavy atom. The van der Waals surface area contributed by atoms with E-state index in [9.17, 15) is 4.79 Å². The Kier molecular flexibility index (Phi) is 2.77. The molecule has 0 unspecified atom stereocenters. The molecule has 112 valence electrons. The number of fused-ring (bicyclic) bond motifs is 2. The summed E-state index contributed by atoms with van der Waals surface area (Å²) in [6.45, 7) is 4.23. The zero-order valence-electron chi connectivity index (χ0n) is 12.0. The minimum Gasteiger partial charge on any atom is -0.482 e. The molecule has 0 saturated heterocycles. The molecule has 0 radical (unpaired) electrons. The second kappa shape index (κ2) is 4.57. The van der Waals surface area contributed by atoms with Crippen LogP contribution in [-0.2, 0) is 4.79 Å². The molecule has 0 atom stereocenters. The number of thioether (sulfide) groups is 1. The number of benzene rings is 1. The van der Waals surface area contributed by atoms with Crippen molar-refractivity contribution in [3.8, 4) is 5.75 Å². The molecule has 2 aliphatic heterocycles. The van der Waals surface area contributed by atoms with Crippen molar-refractivity contribution >= 4 is 29.1 Å². The van der Waals surface area contributed by atoms with Gasteiger partial charge in [0.25, 0.3) is 5.91 Å². The van der Waals surface area contributed by atoms with Crippen LogP contribution in [0.5, 0.6) is 5.75 Å². The second-order valence-corrected chi connectivity index (χ2v) is 7.16. The highest BCUT2D eigenvalue weighted by molar-refractivity contribution is 8.01. The van der Waals surface area contributed by atoms with E-state index in [-0.39, 0.29) is 17.3 Å². The van der Waals surface area contributed by atoms with Crippen LogP contribution in [-0.4, -0.2) is 37.8 Å². The number of carbonyl (C=O) groups excluding carboxylic acids is 1. The largest absolute Gasteiger partial charge is 0.482 e. The summed E-state index contributed by atoms with van der Waals surface area (Å²) in [6, 6.07) is 5.70. The molecule has 2 aliphatic rings. The highest BCUT2D eigenvalue weighted by atomic mass is 32.2. The van der Waals surface area contributed by atoms with E-state index >= 15 is 0 Å². The predicted octanol–water partition coefficient (Wildman–Crippen LogP) is 1.75. The summed E-state index contributed by atoms with van der Waals surface area (Å²) in [5.74, 6) is 0.528. The van der Waals surface area contributed by atoms with Crippen molar-refractivity contribution in [1.82, 2.24) is 14.9 Å². The Bertz CT molecular complexity index is 811. The number of hydrogen-bond donors (Lipinski definition) is 1. The minimum absolute atomic E-state index is 0.0543. The van der Waals surface area contributed by atoms with E-state index in [1.54, 1.807) is 22.8 Å². The van der Waals surface area contributed by atoms with Crippen molar-refractivity contribution in [2.24, 2.45) is 5.10 Å². The smallest absolute Gasteiger partial charge is 0.262 e. The molecule has 4 rings (SSSR count). The van der Waals surface area contributed by atoms with Crippen LogP contribution in [0.3, 0.4) is 0 Å². The fraction of sp³-hybridized carbons (Fsp3) is 0.286. The molecule has 22 heavy (non-hydrogen) atoms. The third-order valence-corrected chi connectivity index (χ3v) is 4.67. The average molecular weight is 315 g/mol. The van der Waals surface area contributed by atoms with Crippen molar-refractivity contribution < 1.29 is 9.53 Å². The van der Waals surface area contributed by atoms with E-state index in [0.717, 1.165) is 16.4 Å². The molecule has 0 aliphatic carbocycles. The van der Waals surface area contributed by atoms with Crippen LogP contribution in [0, 0.1) is 0 Å². The maximum Gasteiger partial charge on any atom is 0.262 e. The van der Waals surface area contributed by atoms with Gasteiger partial charge in [-0.25, -0.2) is 0 Å². The molecule has 2 aromatic rings. The molecule has 0 saturated carbocycles. The lowest BCUT2D eigenvalue weighted by Crippen LogP contribution is -2.33. The van der Waals surface area contributed by atoms with Crippen LogP contribution >= 0.6 is 11.8 Å². The van der Waals surface area contributed by atoms with Crippen LogP contribution in [0.15, 0.2) is 34.8 Å². The lowest BCUT2D eigenvalue weighted by molar-refractivity contribution is -0.118. The number of nitrogens with one attached hydrogen (secondary N) is 1. The molecule has 1 aromatic carbocycles. The summed E-state index contributed by atoms with van der Waals surface area (Å²) in [5, 5.41) is 16.2. The first kappa shape index (κ1) is 13.3. The second-order valence-electron chi connectivity index (χ2n) is 5.57. The van der Waals surface area contributed by atoms with Crippen LogP contribution in [0.2, 0.25) is 0 Å². The van der Waals surface area contributed by atoms with Gasteiger partial charge in [-0.1, -0.05) is 11.8 Å². The number of nitrogens with zero attached hydrogens (tertiary/aromatic N) is 4. The number of amides is 1. The summed E-state index contributed by atoms with van der Waals surface area (Å²) in [7, 11) is 0. The normalized spacial score (nSPS) is 18.6. The van der Waals surface area contributed by atoms with E-state index in [1.165, 1.54) is 0 Å². The van der Waals surface area contributed by atoms with Gasteiger partial charge in [0.2, 0.25) is 5.16 Å².